The van der Waals surface area contributed by atoms with Crippen LogP contribution in [-0.2, 0) is 10.9 Å². The van der Waals surface area contributed by atoms with Crippen molar-refractivity contribution in [2.75, 3.05) is 6.61 Å². The first-order valence-corrected chi connectivity index (χ1v) is 7.29. The number of halogens is 3. The first-order chi connectivity index (χ1) is 11.4. The van der Waals surface area contributed by atoms with Crippen LogP contribution in [0.4, 0.5) is 13.2 Å². The minimum absolute atomic E-state index is 0.158. The summed E-state index contributed by atoms with van der Waals surface area (Å²) in [5.41, 5.74) is 0.729. The van der Waals surface area contributed by atoms with Crippen molar-refractivity contribution in [3.63, 3.8) is 0 Å². The molecule has 0 amide bonds. The Morgan fingerprint density at radius 2 is 1.54 bits per heavy atom. The van der Waals surface area contributed by atoms with Crippen LogP contribution in [0.25, 0.3) is 0 Å². The zero-order valence-corrected chi connectivity index (χ0v) is 13.0. The largest absolute Gasteiger partial charge is 0.416 e. The maximum absolute atomic E-state index is 12.4. The van der Waals surface area contributed by atoms with Crippen molar-refractivity contribution in [3.05, 3.63) is 71.3 Å². The van der Waals surface area contributed by atoms with E-state index in [1.807, 2.05) is 37.3 Å². The molecule has 0 saturated heterocycles. The number of hydrogen-bond acceptors (Lipinski definition) is 1. The number of hydrogen-bond donors (Lipinski definition) is 0. The molecule has 0 saturated carbocycles. The van der Waals surface area contributed by atoms with Crippen LogP contribution in [0.3, 0.4) is 0 Å². The van der Waals surface area contributed by atoms with Crippen molar-refractivity contribution >= 4 is 0 Å². The second kappa shape index (κ2) is 8.24. The first kappa shape index (κ1) is 17.7. The van der Waals surface area contributed by atoms with E-state index in [4.69, 9.17) is 4.74 Å². The van der Waals surface area contributed by atoms with Crippen molar-refractivity contribution in [2.45, 2.75) is 19.2 Å². The first-order valence-electron chi connectivity index (χ1n) is 7.29. The molecule has 0 radical (unpaired) electrons. The molecule has 0 N–H and O–H groups in total. The normalized spacial score (nSPS) is 11.7. The summed E-state index contributed by atoms with van der Waals surface area (Å²) < 4.78 is 42.8. The standard InChI is InChI=1S/C20H15F3O/c1-16(9-10-17-6-3-2-4-7-17)24-15-5-8-18-11-13-19(14-12-18)20(21,22)23/h2-4,6-7,11-14,16H,15H2,1H3. The lowest BCUT2D eigenvalue weighted by molar-refractivity contribution is -0.137. The number of ether oxygens (including phenoxy) is 1. The monoisotopic (exact) mass is 328 g/mol. The van der Waals surface area contributed by atoms with Crippen LogP contribution < -0.4 is 0 Å². The molecule has 0 aromatic heterocycles. The summed E-state index contributed by atoms with van der Waals surface area (Å²) in [7, 11) is 0. The highest BCUT2D eigenvalue weighted by Crippen LogP contribution is 2.28. The van der Waals surface area contributed by atoms with E-state index < -0.39 is 11.7 Å². The molecule has 0 spiro atoms. The Bertz CT molecular complexity index is 769. The molecular weight excluding hydrogens is 313 g/mol. The average molecular weight is 328 g/mol. The van der Waals surface area contributed by atoms with Gasteiger partial charge in [0.1, 0.15) is 12.7 Å². The quantitative estimate of drug-likeness (QED) is 0.737. The third-order valence-corrected chi connectivity index (χ3v) is 3.04. The summed E-state index contributed by atoms with van der Waals surface area (Å²) in [4.78, 5) is 0. The van der Waals surface area contributed by atoms with Crippen molar-refractivity contribution in [2.24, 2.45) is 0 Å². The van der Waals surface area contributed by atoms with Crippen LogP contribution >= 0.6 is 0 Å². The van der Waals surface area contributed by atoms with Crippen molar-refractivity contribution in [3.8, 4) is 23.7 Å². The second-order valence-electron chi connectivity index (χ2n) is 4.97. The smallest absolute Gasteiger partial charge is 0.353 e. The molecule has 2 aromatic carbocycles. The van der Waals surface area contributed by atoms with Gasteiger partial charge in [0.2, 0.25) is 0 Å². The van der Waals surface area contributed by atoms with E-state index in [9.17, 15) is 13.2 Å². The molecule has 0 aliphatic rings. The Labute approximate surface area is 139 Å². The molecule has 1 unspecified atom stereocenters. The van der Waals surface area contributed by atoms with Gasteiger partial charge in [-0.3, -0.25) is 0 Å². The van der Waals surface area contributed by atoms with Gasteiger partial charge in [-0.15, -0.1) is 0 Å². The van der Waals surface area contributed by atoms with Crippen molar-refractivity contribution < 1.29 is 17.9 Å². The molecule has 2 aromatic rings. The Kier molecular flexibility index (Phi) is 6.07. The van der Waals surface area contributed by atoms with Crippen LogP contribution in [0.1, 0.15) is 23.6 Å². The lowest BCUT2D eigenvalue weighted by Crippen LogP contribution is -2.05. The summed E-state index contributed by atoms with van der Waals surface area (Å²) in [5.74, 6) is 11.5. The van der Waals surface area contributed by atoms with E-state index in [-0.39, 0.29) is 12.7 Å². The highest BCUT2D eigenvalue weighted by Gasteiger charge is 2.29. The Morgan fingerprint density at radius 1 is 0.917 bits per heavy atom. The Morgan fingerprint density at radius 3 is 2.17 bits per heavy atom. The summed E-state index contributed by atoms with van der Waals surface area (Å²) in [6, 6.07) is 14.3. The fourth-order valence-electron chi connectivity index (χ4n) is 1.80. The topological polar surface area (TPSA) is 9.23 Å². The second-order valence-corrected chi connectivity index (χ2v) is 4.97. The summed E-state index contributed by atoms with van der Waals surface area (Å²) in [5, 5.41) is 0. The summed E-state index contributed by atoms with van der Waals surface area (Å²) in [6.07, 6.45) is -4.62. The molecule has 0 bridgehead atoms. The predicted molar refractivity (Wildman–Crippen MR) is 87.1 cm³/mol. The number of rotatable bonds is 2. The third kappa shape index (κ3) is 5.83. The van der Waals surface area contributed by atoms with Gasteiger partial charge in [0.15, 0.2) is 0 Å². The van der Waals surface area contributed by atoms with Crippen LogP contribution in [-0.4, -0.2) is 12.7 Å². The highest BCUT2D eigenvalue weighted by molar-refractivity contribution is 5.37. The molecule has 0 aliphatic heterocycles. The van der Waals surface area contributed by atoms with Crippen LogP contribution in [0, 0.1) is 23.7 Å². The van der Waals surface area contributed by atoms with Gasteiger partial charge in [0.05, 0.1) is 5.56 Å². The predicted octanol–water partition coefficient (Wildman–Crippen LogP) is 4.51. The van der Waals surface area contributed by atoms with E-state index in [0.717, 1.165) is 17.7 Å². The van der Waals surface area contributed by atoms with Gasteiger partial charge < -0.3 is 4.74 Å². The van der Waals surface area contributed by atoms with Crippen molar-refractivity contribution in [1.29, 1.82) is 0 Å². The van der Waals surface area contributed by atoms with E-state index in [1.165, 1.54) is 12.1 Å². The molecule has 0 fully saturated rings. The highest BCUT2D eigenvalue weighted by atomic mass is 19.4. The molecule has 0 heterocycles. The van der Waals surface area contributed by atoms with Crippen molar-refractivity contribution in [1.82, 2.24) is 0 Å². The SMILES string of the molecule is CC(C#Cc1ccccc1)OCC#Cc1ccc(C(F)(F)F)cc1. The van der Waals surface area contributed by atoms with Gasteiger partial charge in [-0.05, 0) is 43.3 Å². The minimum Gasteiger partial charge on any atom is -0.353 e. The van der Waals surface area contributed by atoms with Crippen LogP contribution in [0.5, 0.6) is 0 Å². The van der Waals surface area contributed by atoms with Crippen LogP contribution in [0.15, 0.2) is 54.6 Å². The molecule has 1 atom stereocenters. The molecular formula is C20H15F3O. The van der Waals surface area contributed by atoms with E-state index in [1.54, 1.807) is 0 Å². The number of benzene rings is 2. The third-order valence-electron chi connectivity index (χ3n) is 3.04. The van der Waals surface area contributed by atoms with Gasteiger partial charge in [-0.1, -0.05) is 41.9 Å². The maximum Gasteiger partial charge on any atom is 0.416 e. The minimum atomic E-state index is -4.33. The Balaban J connectivity index is 1.84. The fraction of sp³-hybridized carbons (Fsp3) is 0.200. The zero-order chi connectivity index (χ0) is 17.4. The summed E-state index contributed by atoms with van der Waals surface area (Å²) in [6.45, 7) is 1.97. The van der Waals surface area contributed by atoms with Gasteiger partial charge in [0, 0.05) is 11.1 Å². The fourth-order valence-corrected chi connectivity index (χ4v) is 1.80. The average Bonchev–Trinajstić information content (AvgIpc) is 2.57. The van der Waals surface area contributed by atoms with Gasteiger partial charge >= 0.3 is 6.18 Å². The molecule has 2 rings (SSSR count). The lowest BCUT2D eigenvalue weighted by atomic mass is 10.1. The zero-order valence-electron chi connectivity index (χ0n) is 13.0. The maximum atomic E-state index is 12.4. The Hall–Kier alpha value is -2.69. The van der Waals surface area contributed by atoms with E-state index >= 15 is 0 Å². The molecule has 4 heteroatoms. The molecule has 0 aliphatic carbocycles. The van der Waals surface area contributed by atoms with Gasteiger partial charge in [-0.2, -0.15) is 13.2 Å². The molecule has 122 valence electrons. The van der Waals surface area contributed by atoms with E-state index in [2.05, 4.69) is 23.7 Å². The number of alkyl halides is 3. The lowest BCUT2D eigenvalue weighted by Gasteiger charge is -2.05. The van der Waals surface area contributed by atoms with Gasteiger partial charge in [-0.25, -0.2) is 0 Å². The molecule has 1 nitrogen and oxygen atoms in total. The van der Waals surface area contributed by atoms with E-state index in [0.29, 0.717) is 5.56 Å². The summed E-state index contributed by atoms with van der Waals surface area (Å²) >= 11 is 0. The van der Waals surface area contributed by atoms with Gasteiger partial charge in [0.25, 0.3) is 0 Å². The van der Waals surface area contributed by atoms with Crippen LogP contribution in [0.2, 0.25) is 0 Å². The molecule has 24 heavy (non-hydrogen) atoms.